The maximum atomic E-state index is 13.2. The van der Waals surface area contributed by atoms with E-state index in [9.17, 15) is 9.59 Å². The third kappa shape index (κ3) is 6.20. The molecule has 0 saturated carbocycles. The van der Waals surface area contributed by atoms with E-state index in [1.165, 1.54) is 7.11 Å². The molecule has 1 N–H and O–H groups in total. The van der Waals surface area contributed by atoms with Gasteiger partial charge in [0.1, 0.15) is 19.4 Å². The van der Waals surface area contributed by atoms with Crippen LogP contribution in [0.3, 0.4) is 0 Å². The van der Waals surface area contributed by atoms with Crippen LogP contribution in [0.1, 0.15) is 11.6 Å². The second-order valence-electron chi connectivity index (χ2n) is 6.40. The molecule has 2 atom stereocenters. The highest BCUT2D eigenvalue weighted by atomic mass is 35.5. The van der Waals surface area contributed by atoms with Gasteiger partial charge in [0, 0.05) is 18.1 Å². The lowest BCUT2D eigenvalue weighted by Gasteiger charge is -2.31. The molecule has 1 aliphatic rings. The average Bonchev–Trinajstić information content (AvgIpc) is 2.85. The van der Waals surface area contributed by atoms with E-state index in [4.69, 9.17) is 16.3 Å². The molecule has 9 heteroatoms. The number of carbonyl (C=O) groups is 2. The topological polar surface area (TPSA) is 83.5 Å². The number of halogens is 1. The molecule has 148 valence electrons. The van der Waals surface area contributed by atoms with Crippen molar-refractivity contribution in [2.45, 2.75) is 12.1 Å². The first-order valence-corrected chi connectivity index (χ1v) is 8.95. The predicted octanol–water partition coefficient (Wildman–Crippen LogP) is 0.919. The molecule has 1 fully saturated rings. The number of likely N-dealkylation sites (N-methyl/N-ethyl adjacent to an activating group) is 1. The van der Waals surface area contributed by atoms with E-state index in [-0.39, 0.29) is 11.9 Å². The molecule has 8 nitrogen and oxygen atoms in total. The Hall–Kier alpha value is -2.16. The summed E-state index contributed by atoms with van der Waals surface area (Å²) in [6, 6.07) is 6.45. The van der Waals surface area contributed by atoms with Gasteiger partial charge in [-0.1, -0.05) is 28.9 Å². The fourth-order valence-corrected chi connectivity index (χ4v) is 3.15. The fraction of sp³-hybridized carbons (Fsp3) is 0.500. The summed E-state index contributed by atoms with van der Waals surface area (Å²) in [7, 11) is 5.05. The molecule has 1 aromatic rings. The summed E-state index contributed by atoms with van der Waals surface area (Å²) in [5, 5.41) is 6.79. The Morgan fingerprint density at radius 1 is 1.48 bits per heavy atom. The quantitative estimate of drug-likeness (QED) is 0.571. The van der Waals surface area contributed by atoms with Crippen molar-refractivity contribution in [3.63, 3.8) is 0 Å². The zero-order valence-electron chi connectivity index (χ0n) is 15.7. The highest BCUT2D eigenvalue weighted by molar-refractivity contribution is 6.30. The van der Waals surface area contributed by atoms with E-state index in [1.54, 1.807) is 17.0 Å². The maximum Gasteiger partial charge on any atom is 0.266 e. The minimum Gasteiger partial charge on any atom is -0.399 e. The van der Waals surface area contributed by atoms with Crippen molar-refractivity contribution in [2.75, 3.05) is 47.5 Å². The van der Waals surface area contributed by atoms with Crippen molar-refractivity contribution in [3.8, 4) is 0 Å². The normalized spacial score (nSPS) is 19.0. The predicted molar refractivity (Wildman–Crippen MR) is 103 cm³/mol. The number of rotatable bonds is 6. The van der Waals surface area contributed by atoms with Crippen molar-refractivity contribution in [3.05, 3.63) is 34.9 Å². The number of benzene rings is 1. The summed E-state index contributed by atoms with van der Waals surface area (Å²) in [6.07, 6.45) is 1.05. The van der Waals surface area contributed by atoms with Gasteiger partial charge >= 0.3 is 0 Å². The van der Waals surface area contributed by atoms with Crippen LogP contribution >= 0.6 is 11.6 Å². The Kier molecular flexibility index (Phi) is 8.02. The van der Waals surface area contributed by atoms with Gasteiger partial charge in [-0.25, -0.2) is 0 Å². The van der Waals surface area contributed by atoms with E-state index in [2.05, 4.69) is 15.3 Å². The summed E-state index contributed by atoms with van der Waals surface area (Å²) >= 11 is 6.10. The van der Waals surface area contributed by atoms with Gasteiger partial charge < -0.3 is 19.8 Å². The number of carbonyl (C=O) groups excluding carboxylic acids is 2. The average molecular weight is 397 g/mol. The summed E-state index contributed by atoms with van der Waals surface area (Å²) in [5.41, 5.74) is 0.815. The van der Waals surface area contributed by atoms with Gasteiger partial charge in [-0.15, -0.1) is 0 Å². The van der Waals surface area contributed by atoms with Crippen LogP contribution in [-0.2, 0) is 19.2 Å². The van der Waals surface area contributed by atoms with Gasteiger partial charge in [-0.05, 0) is 31.8 Å². The molecular weight excluding hydrogens is 372 g/mol. The molecule has 2 amide bonds. The Morgan fingerprint density at radius 3 is 2.93 bits per heavy atom. The molecule has 1 heterocycles. The molecule has 0 aromatic heterocycles. The largest absolute Gasteiger partial charge is 0.399 e. The number of oxime groups is 1. The van der Waals surface area contributed by atoms with Crippen LogP contribution in [0.2, 0.25) is 5.02 Å². The highest BCUT2D eigenvalue weighted by Gasteiger charge is 2.31. The monoisotopic (exact) mass is 396 g/mol. The number of amides is 2. The smallest absolute Gasteiger partial charge is 0.266 e. The van der Waals surface area contributed by atoms with Gasteiger partial charge in [-0.3, -0.25) is 14.5 Å². The second-order valence-corrected chi connectivity index (χ2v) is 6.84. The lowest BCUT2D eigenvalue weighted by Crippen LogP contribution is -2.49. The number of ether oxygens (including phenoxy) is 1. The Morgan fingerprint density at radius 2 is 2.26 bits per heavy atom. The zero-order chi connectivity index (χ0) is 19.8. The maximum absolute atomic E-state index is 13.2. The van der Waals surface area contributed by atoms with Gasteiger partial charge in [0.2, 0.25) is 5.91 Å². The Labute approximate surface area is 164 Å². The van der Waals surface area contributed by atoms with Gasteiger partial charge in [0.25, 0.3) is 5.91 Å². The number of nitrogens with one attached hydrogen (secondary N) is 1. The molecule has 0 aliphatic carbocycles. The van der Waals surface area contributed by atoms with E-state index >= 15 is 0 Å². The summed E-state index contributed by atoms with van der Waals surface area (Å²) in [5.74, 6) is -0.476. The molecule has 2 unspecified atom stereocenters. The van der Waals surface area contributed by atoms with E-state index in [0.29, 0.717) is 31.3 Å². The first kappa shape index (κ1) is 21.1. The van der Waals surface area contributed by atoms with Crippen LogP contribution in [-0.4, -0.2) is 81.4 Å². The molecule has 0 spiro atoms. The molecule has 1 aliphatic heterocycles. The second kappa shape index (κ2) is 10.2. The van der Waals surface area contributed by atoms with E-state index in [0.717, 1.165) is 11.8 Å². The van der Waals surface area contributed by atoms with Crippen LogP contribution < -0.4 is 5.32 Å². The van der Waals surface area contributed by atoms with E-state index < -0.39 is 11.9 Å². The van der Waals surface area contributed by atoms with Gasteiger partial charge in [-0.2, -0.15) is 0 Å². The molecule has 0 bridgehead atoms. The Balaban J connectivity index is 2.14. The van der Waals surface area contributed by atoms with Crippen LogP contribution in [0.15, 0.2) is 29.4 Å². The summed E-state index contributed by atoms with van der Waals surface area (Å²) in [6.45, 7) is 1.51. The SMILES string of the molecule is CO/N=C/C(=O)NC1COCCN(C(=O)C(c2cccc(Cl)c2)N(C)C)C1. The van der Waals surface area contributed by atoms with Crippen molar-refractivity contribution in [2.24, 2.45) is 5.16 Å². The van der Waals surface area contributed by atoms with Crippen LogP contribution in [0.25, 0.3) is 0 Å². The van der Waals surface area contributed by atoms with Crippen molar-refractivity contribution in [1.29, 1.82) is 0 Å². The molecule has 1 saturated heterocycles. The fourth-order valence-electron chi connectivity index (χ4n) is 2.95. The third-order valence-electron chi connectivity index (χ3n) is 4.11. The standard InChI is InChI=1S/C18H25ClN4O4/c1-22(2)17(13-5-4-6-14(19)9-13)18(25)23-7-8-27-12-15(11-23)21-16(24)10-20-26-3/h4-6,9-10,15,17H,7-8,11-12H2,1-3H3,(H,21,24)/b20-10+. The molecule has 1 aromatic carbocycles. The molecule has 0 radical (unpaired) electrons. The molecular formula is C18H25ClN4O4. The number of nitrogens with zero attached hydrogens (tertiary/aromatic N) is 3. The lowest BCUT2D eigenvalue weighted by atomic mass is 10.0. The minimum atomic E-state index is -0.479. The summed E-state index contributed by atoms with van der Waals surface area (Å²) < 4.78 is 5.54. The minimum absolute atomic E-state index is 0.0717. The van der Waals surface area contributed by atoms with E-state index in [1.807, 2.05) is 31.1 Å². The first-order chi connectivity index (χ1) is 12.9. The zero-order valence-corrected chi connectivity index (χ0v) is 16.5. The number of hydrogen-bond acceptors (Lipinski definition) is 6. The van der Waals surface area contributed by atoms with Crippen LogP contribution in [0.4, 0.5) is 0 Å². The van der Waals surface area contributed by atoms with Crippen LogP contribution in [0, 0.1) is 0 Å². The first-order valence-electron chi connectivity index (χ1n) is 8.57. The van der Waals surface area contributed by atoms with Gasteiger partial charge in [0.05, 0.1) is 19.3 Å². The van der Waals surface area contributed by atoms with Crippen molar-refractivity contribution >= 4 is 29.6 Å². The summed E-state index contributed by atoms with van der Waals surface area (Å²) in [4.78, 5) is 33.1. The number of hydrogen-bond donors (Lipinski definition) is 1. The van der Waals surface area contributed by atoms with Crippen LogP contribution in [0.5, 0.6) is 0 Å². The van der Waals surface area contributed by atoms with Crippen molar-refractivity contribution in [1.82, 2.24) is 15.1 Å². The highest BCUT2D eigenvalue weighted by Crippen LogP contribution is 2.24. The molecule has 27 heavy (non-hydrogen) atoms. The third-order valence-corrected chi connectivity index (χ3v) is 4.35. The van der Waals surface area contributed by atoms with Gasteiger partial charge in [0.15, 0.2) is 0 Å². The lowest BCUT2D eigenvalue weighted by molar-refractivity contribution is -0.136. The Bertz CT molecular complexity index is 683. The molecule has 2 rings (SSSR count). The van der Waals surface area contributed by atoms with Crippen molar-refractivity contribution < 1.29 is 19.2 Å².